The van der Waals surface area contributed by atoms with Crippen LogP contribution in [0.3, 0.4) is 0 Å². The number of alkyl halides is 3. The minimum atomic E-state index is -5.08. The molecule has 0 spiro atoms. The Morgan fingerprint density at radius 2 is 1.93 bits per heavy atom. The lowest BCUT2D eigenvalue weighted by Gasteiger charge is -2.29. The summed E-state index contributed by atoms with van der Waals surface area (Å²) in [4.78, 5) is 28.5. The predicted octanol–water partition coefficient (Wildman–Crippen LogP) is 3.52. The summed E-state index contributed by atoms with van der Waals surface area (Å²) in [5, 5.41) is 20.9. The number of piperidine rings is 1. The number of anilines is 3. The standard InChI is InChI=1S/C22H25BrFN7O2.C2HF3O2/c23-19-16(3-4-17(20(19)24)30-8-10-33-11-9-30)28-22(32)15-13-26-31-7-5-18(29-21(15)31)27-14-2-1-6-25-12-14;3-2(4,5)1(6)7/h3-5,7,13-14,25H,1-2,6,8-12H2,(H,27,29)(H,28,32);(H,6,7)/t14-;/m1./s1. The molecule has 0 bridgehead atoms. The number of fused-ring (bicyclic) bond motifs is 1. The van der Waals surface area contributed by atoms with Gasteiger partial charge in [-0.05, 0) is 53.5 Å². The minimum Gasteiger partial charge on any atom is -0.475 e. The number of aliphatic carboxylic acids is 1. The van der Waals surface area contributed by atoms with Crippen molar-refractivity contribution in [3.8, 4) is 0 Å². The lowest BCUT2D eigenvalue weighted by atomic mass is 10.1. The van der Waals surface area contributed by atoms with Crippen molar-refractivity contribution in [2.45, 2.75) is 25.1 Å². The molecule has 2 aliphatic heterocycles. The SMILES string of the molecule is O=C(Nc1ccc(N2CCOCC2)c(F)c1Br)c1cnn2ccc(N[C@@H]3CCCNC3)nc12.O=C(O)C(F)(F)F. The fraction of sp³-hybridized carbons (Fsp3) is 0.417. The lowest BCUT2D eigenvalue weighted by Crippen LogP contribution is -2.38. The van der Waals surface area contributed by atoms with Crippen molar-refractivity contribution >= 4 is 50.6 Å². The second kappa shape index (κ2) is 12.8. The van der Waals surface area contributed by atoms with Gasteiger partial charge in [0.2, 0.25) is 0 Å². The van der Waals surface area contributed by atoms with E-state index in [1.807, 2.05) is 11.0 Å². The molecule has 0 saturated carbocycles. The van der Waals surface area contributed by atoms with Crippen LogP contribution in [0.5, 0.6) is 0 Å². The highest BCUT2D eigenvalue weighted by Gasteiger charge is 2.38. The number of carbonyl (C=O) groups excluding carboxylic acids is 1. The summed E-state index contributed by atoms with van der Waals surface area (Å²) in [6, 6.07) is 5.50. The largest absolute Gasteiger partial charge is 0.490 e. The third kappa shape index (κ3) is 7.17. The number of hydrogen-bond donors (Lipinski definition) is 4. The molecular weight excluding hydrogens is 606 g/mol. The van der Waals surface area contributed by atoms with E-state index in [1.165, 1.54) is 6.20 Å². The van der Waals surface area contributed by atoms with Crippen molar-refractivity contribution in [1.29, 1.82) is 0 Å². The maximum Gasteiger partial charge on any atom is 0.490 e. The van der Waals surface area contributed by atoms with E-state index < -0.39 is 23.9 Å². The molecule has 40 heavy (non-hydrogen) atoms. The van der Waals surface area contributed by atoms with Crippen LogP contribution in [-0.4, -0.2) is 83.2 Å². The first-order valence-corrected chi connectivity index (χ1v) is 13.1. The number of carboxylic acid groups (broad SMARTS) is 1. The normalized spacial score (nSPS) is 17.6. The number of rotatable bonds is 5. The highest BCUT2D eigenvalue weighted by Crippen LogP contribution is 2.33. The number of ether oxygens (including phenoxy) is 1. The Labute approximate surface area is 234 Å². The van der Waals surface area contributed by atoms with Crippen molar-refractivity contribution in [2.24, 2.45) is 0 Å². The zero-order chi connectivity index (χ0) is 28.9. The molecule has 0 radical (unpaired) electrons. The van der Waals surface area contributed by atoms with Crippen molar-refractivity contribution < 1.29 is 37.0 Å². The summed E-state index contributed by atoms with van der Waals surface area (Å²) in [6.45, 7) is 4.27. The number of amides is 1. The monoisotopic (exact) mass is 631 g/mol. The van der Waals surface area contributed by atoms with Crippen LogP contribution in [0.2, 0.25) is 0 Å². The molecular formula is C24H26BrF4N7O4. The quantitative estimate of drug-likeness (QED) is 0.312. The van der Waals surface area contributed by atoms with Crippen LogP contribution in [0, 0.1) is 5.82 Å². The van der Waals surface area contributed by atoms with Crippen LogP contribution in [0.15, 0.2) is 35.1 Å². The van der Waals surface area contributed by atoms with Crippen LogP contribution in [0.25, 0.3) is 5.65 Å². The number of carboxylic acids is 1. The Morgan fingerprint density at radius 3 is 2.58 bits per heavy atom. The molecule has 2 fully saturated rings. The van der Waals surface area contributed by atoms with Crippen LogP contribution in [-0.2, 0) is 9.53 Å². The number of nitrogens with zero attached hydrogens (tertiary/aromatic N) is 4. The molecule has 11 nitrogen and oxygen atoms in total. The molecule has 2 saturated heterocycles. The van der Waals surface area contributed by atoms with E-state index in [1.54, 1.807) is 22.8 Å². The summed E-state index contributed by atoms with van der Waals surface area (Å²) < 4.78 is 53.9. The van der Waals surface area contributed by atoms with Crippen molar-refractivity contribution in [2.75, 3.05) is 54.9 Å². The van der Waals surface area contributed by atoms with E-state index in [-0.39, 0.29) is 10.5 Å². The molecule has 4 N–H and O–H groups in total. The number of morpholine rings is 1. The minimum absolute atomic E-state index is 0.205. The molecule has 1 amide bonds. The zero-order valence-corrected chi connectivity index (χ0v) is 22.6. The second-order valence-corrected chi connectivity index (χ2v) is 9.74. The van der Waals surface area contributed by atoms with E-state index in [4.69, 9.17) is 14.6 Å². The molecule has 16 heteroatoms. The number of aromatic nitrogens is 3. The third-order valence-corrected chi connectivity index (χ3v) is 6.94. The lowest BCUT2D eigenvalue weighted by molar-refractivity contribution is -0.192. The Bertz CT molecular complexity index is 1360. The maximum atomic E-state index is 15.0. The number of nitrogens with one attached hydrogen (secondary N) is 3. The summed E-state index contributed by atoms with van der Waals surface area (Å²) in [5.41, 5.74) is 1.57. The van der Waals surface area contributed by atoms with Crippen LogP contribution in [0.1, 0.15) is 23.2 Å². The van der Waals surface area contributed by atoms with Gasteiger partial charge in [0.15, 0.2) is 11.5 Å². The fourth-order valence-electron chi connectivity index (χ4n) is 4.17. The zero-order valence-electron chi connectivity index (χ0n) is 21.0. The van der Waals surface area contributed by atoms with Gasteiger partial charge in [0, 0.05) is 31.9 Å². The molecule has 0 unspecified atom stereocenters. The van der Waals surface area contributed by atoms with Gasteiger partial charge < -0.3 is 30.7 Å². The van der Waals surface area contributed by atoms with Crippen molar-refractivity contribution in [1.82, 2.24) is 19.9 Å². The van der Waals surface area contributed by atoms with E-state index in [2.05, 4.69) is 42.0 Å². The van der Waals surface area contributed by atoms with Gasteiger partial charge in [-0.15, -0.1) is 0 Å². The number of halogens is 5. The summed E-state index contributed by atoms with van der Waals surface area (Å²) in [5.74, 6) is -2.89. The third-order valence-electron chi connectivity index (χ3n) is 6.17. The van der Waals surface area contributed by atoms with Gasteiger partial charge in [-0.3, -0.25) is 4.79 Å². The molecule has 5 rings (SSSR count). The number of carbonyl (C=O) groups is 2. The Morgan fingerprint density at radius 1 is 1.20 bits per heavy atom. The van der Waals surface area contributed by atoms with Gasteiger partial charge in [0.25, 0.3) is 5.91 Å². The summed E-state index contributed by atoms with van der Waals surface area (Å²) >= 11 is 3.31. The molecule has 0 aliphatic carbocycles. The fourth-order valence-corrected chi connectivity index (χ4v) is 4.60. The molecule has 2 aromatic heterocycles. The first kappa shape index (κ1) is 29.5. The van der Waals surface area contributed by atoms with Crippen molar-refractivity contribution in [3.63, 3.8) is 0 Å². The van der Waals surface area contributed by atoms with Crippen LogP contribution in [0.4, 0.5) is 34.8 Å². The van der Waals surface area contributed by atoms with E-state index in [0.717, 1.165) is 25.9 Å². The van der Waals surface area contributed by atoms with E-state index >= 15 is 4.39 Å². The molecule has 3 aromatic rings. The maximum absolute atomic E-state index is 15.0. The van der Waals surface area contributed by atoms with Crippen LogP contribution >= 0.6 is 15.9 Å². The highest BCUT2D eigenvalue weighted by atomic mass is 79.9. The van der Waals surface area contributed by atoms with Gasteiger partial charge in [-0.1, -0.05) is 0 Å². The van der Waals surface area contributed by atoms with Gasteiger partial charge in [0.1, 0.15) is 11.4 Å². The summed E-state index contributed by atoms with van der Waals surface area (Å²) in [7, 11) is 0. The van der Waals surface area contributed by atoms with Gasteiger partial charge in [-0.2, -0.15) is 18.3 Å². The van der Waals surface area contributed by atoms with E-state index in [9.17, 15) is 18.0 Å². The molecule has 216 valence electrons. The second-order valence-electron chi connectivity index (χ2n) is 8.94. The molecule has 4 heterocycles. The Kier molecular flexibility index (Phi) is 9.42. The highest BCUT2D eigenvalue weighted by molar-refractivity contribution is 9.10. The molecule has 1 aromatic carbocycles. The number of benzene rings is 1. The first-order chi connectivity index (χ1) is 19.0. The predicted molar refractivity (Wildman–Crippen MR) is 141 cm³/mol. The smallest absolute Gasteiger partial charge is 0.475 e. The average Bonchev–Trinajstić information content (AvgIpc) is 3.36. The topological polar surface area (TPSA) is 133 Å². The molecule has 2 aliphatic rings. The van der Waals surface area contributed by atoms with Gasteiger partial charge in [-0.25, -0.2) is 18.7 Å². The van der Waals surface area contributed by atoms with Gasteiger partial charge in [0.05, 0.1) is 35.3 Å². The first-order valence-electron chi connectivity index (χ1n) is 12.3. The van der Waals surface area contributed by atoms with E-state index in [0.29, 0.717) is 54.7 Å². The Balaban J connectivity index is 0.000000470. The summed E-state index contributed by atoms with van der Waals surface area (Å²) in [6.07, 6.45) is 0.322. The van der Waals surface area contributed by atoms with Crippen molar-refractivity contribution in [3.05, 3.63) is 46.4 Å². The van der Waals surface area contributed by atoms with Crippen LogP contribution < -0.4 is 20.9 Å². The Hall–Kier alpha value is -3.50. The average molecular weight is 632 g/mol. The number of hydrogen-bond acceptors (Lipinski definition) is 8. The molecule has 1 atom stereocenters. The van der Waals surface area contributed by atoms with Gasteiger partial charge >= 0.3 is 12.1 Å².